The molecule has 0 fully saturated rings. The van der Waals surface area contributed by atoms with Gasteiger partial charge < -0.3 is 0 Å². The average Bonchev–Trinajstić information content (AvgIpc) is 2.37. The fraction of sp³-hybridized carbons (Fsp3) is 0.200. The molecular weight excluding hydrogens is 385 g/mol. The number of hydrogen-bond acceptors (Lipinski definition) is 2. The molecule has 5 heteroatoms. The minimum Gasteiger partial charge on any atom is -0.280 e. The maximum Gasteiger partial charge on any atom is 0.261 e. The summed E-state index contributed by atoms with van der Waals surface area (Å²) in [5, 5.41) is 0. The predicted molar refractivity (Wildman–Crippen MR) is 90.6 cm³/mol. The Morgan fingerprint density at radius 2 is 1.55 bits per heavy atom. The molecule has 0 atom stereocenters. The van der Waals surface area contributed by atoms with Gasteiger partial charge in [0.2, 0.25) is 0 Å². The summed E-state index contributed by atoms with van der Waals surface area (Å²) in [5.74, 6) is 0. The van der Waals surface area contributed by atoms with Crippen LogP contribution < -0.4 is 4.72 Å². The first-order chi connectivity index (χ1) is 9.29. The van der Waals surface area contributed by atoms with Crippen molar-refractivity contribution >= 4 is 38.3 Å². The van der Waals surface area contributed by atoms with E-state index >= 15 is 0 Å². The van der Waals surface area contributed by atoms with Crippen LogP contribution in [0.5, 0.6) is 0 Å². The van der Waals surface area contributed by atoms with Crippen molar-refractivity contribution in [3.05, 3.63) is 56.7 Å². The van der Waals surface area contributed by atoms with Crippen molar-refractivity contribution in [2.75, 3.05) is 4.72 Å². The van der Waals surface area contributed by atoms with E-state index < -0.39 is 10.0 Å². The van der Waals surface area contributed by atoms with Crippen molar-refractivity contribution in [3.8, 4) is 0 Å². The molecule has 0 spiro atoms. The number of nitrogens with one attached hydrogen (secondary N) is 1. The molecule has 1 N–H and O–H groups in total. The van der Waals surface area contributed by atoms with E-state index in [9.17, 15) is 8.42 Å². The first kappa shape index (κ1) is 15.3. The largest absolute Gasteiger partial charge is 0.280 e. The highest BCUT2D eigenvalue weighted by Crippen LogP contribution is 2.21. The Labute approximate surface area is 133 Å². The molecule has 0 aliphatic carbocycles. The number of halogens is 1. The van der Waals surface area contributed by atoms with Gasteiger partial charge in [-0.15, -0.1) is 0 Å². The summed E-state index contributed by atoms with van der Waals surface area (Å²) in [6, 6.07) is 10.6. The molecule has 0 bridgehead atoms. The topological polar surface area (TPSA) is 46.2 Å². The van der Waals surface area contributed by atoms with Crippen LogP contribution in [-0.2, 0) is 10.0 Å². The van der Waals surface area contributed by atoms with Crippen LogP contribution in [0.25, 0.3) is 0 Å². The third-order valence-corrected chi connectivity index (χ3v) is 5.75. The molecule has 0 saturated carbocycles. The number of rotatable bonds is 3. The monoisotopic (exact) mass is 401 g/mol. The van der Waals surface area contributed by atoms with Gasteiger partial charge in [0.25, 0.3) is 10.0 Å². The molecule has 0 aliphatic heterocycles. The van der Waals surface area contributed by atoms with E-state index in [0.717, 1.165) is 20.3 Å². The molecule has 106 valence electrons. The third kappa shape index (κ3) is 3.32. The van der Waals surface area contributed by atoms with Crippen LogP contribution in [0.3, 0.4) is 0 Å². The van der Waals surface area contributed by atoms with Crippen molar-refractivity contribution in [1.29, 1.82) is 0 Å². The number of aryl methyl sites for hydroxylation is 3. The Hall–Kier alpha value is -1.08. The Morgan fingerprint density at radius 1 is 0.900 bits per heavy atom. The summed E-state index contributed by atoms with van der Waals surface area (Å²) in [6.07, 6.45) is 0. The lowest BCUT2D eigenvalue weighted by Gasteiger charge is -2.10. The fourth-order valence-corrected chi connectivity index (χ4v) is 3.40. The molecule has 3 nitrogen and oxygen atoms in total. The lowest BCUT2D eigenvalue weighted by molar-refractivity contribution is 0.601. The summed E-state index contributed by atoms with van der Waals surface area (Å²) in [7, 11) is -3.54. The predicted octanol–water partition coefficient (Wildman–Crippen LogP) is 4.02. The van der Waals surface area contributed by atoms with Crippen LogP contribution in [0.4, 0.5) is 5.69 Å². The second kappa shape index (κ2) is 5.73. The van der Waals surface area contributed by atoms with E-state index in [1.165, 1.54) is 0 Å². The van der Waals surface area contributed by atoms with Gasteiger partial charge in [0.15, 0.2) is 0 Å². The zero-order valence-corrected chi connectivity index (χ0v) is 14.5. The molecule has 0 radical (unpaired) electrons. The van der Waals surface area contributed by atoms with Gasteiger partial charge in [-0.2, -0.15) is 0 Å². The van der Waals surface area contributed by atoms with Gasteiger partial charge in [-0.3, -0.25) is 4.72 Å². The first-order valence-corrected chi connectivity index (χ1v) is 8.72. The highest BCUT2D eigenvalue weighted by molar-refractivity contribution is 14.1. The van der Waals surface area contributed by atoms with Crippen LogP contribution in [-0.4, -0.2) is 8.42 Å². The number of anilines is 1. The van der Waals surface area contributed by atoms with Crippen LogP contribution in [0.15, 0.2) is 41.3 Å². The normalized spacial score (nSPS) is 11.4. The smallest absolute Gasteiger partial charge is 0.261 e. The second-order valence-corrected chi connectivity index (χ2v) is 7.66. The Balaban J connectivity index is 2.35. The summed E-state index contributed by atoms with van der Waals surface area (Å²) >= 11 is 2.19. The summed E-state index contributed by atoms with van der Waals surface area (Å²) < 4.78 is 28.3. The maximum atomic E-state index is 12.3. The van der Waals surface area contributed by atoms with Crippen molar-refractivity contribution < 1.29 is 8.42 Å². The van der Waals surface area contributed by atoms with E-state index in [4.69, 9.17) is 0 Å². The summed E-state index contributed by atoms with van der Waals surface area (Å²) in [6.45, 7) is 5.86. The average molecular weight is 401 g/mol. The highest BCUT2D eigenvalue weighted by Gasteiger charge is 2.15. The number of sulfonamides is 1. The fourth-order valence-electron chi connectivity index (χ4n) is 1.75. The lowest BCUT2D eigenvalue weighted by atomic mass is 10.1. The van der Waals surface area contributed by atoms with Crippen LogP contribution in [0, 0.1) is 24.3 Å². The van der Waals surface area contributed by atoms with Crippen molar-refractivity contribution in [1.82, 2.24) is 0 Å². The molecule has 20 heavy (non-hydrogen) atoms. The molecule has 2 aromatic carbocycles. The zero-order chi connectivity index (χ0) is 14.9. The first-order valence-electron chi connectivity index (χ1n) is 6.16. The lowest BCUT2D eigenvalue weighted by Crippen LogP contribution is -2.13. The van der Waals surface area contributed by atoms with Gasteiger partial charge in [0.05, 0.1) is 4.90 Å². The maximum absolute atomic E-state index is 12.3. The SMILES string of the molecule is Cc1ccc(S(=O)(=O)Nc2ccc(C)c(I)c2)cc1C. The highest BCUT2D eigenvalue weighted by atomic mass is 127. The molecular formula is C15H16INO2S. The third-order valence-electron chi connectivity index (χ3n) is 3.21. The van der Waals surface area contributed by atoms with Crippen molar-refractivity contribution in [2.24, 2.45) is 0 Å². The molecule has 0 aliphatic rings. The molecule has 0 unspecified atom stereocenters. The Bertz CT molecular complexity index is 754. The van der Waals surface area contributed by atoms with Gasteiger partial charge in [-0.1, -0.05) is 12.1 Å². The molecule has 0 aromatic heterocycles. The Kier molecular flexibility index (Phi) is 4.39. The van der Waals surface area contributed by atoms with Crippen LogP contribution >= 0.6 is 22.6 Å². The van der Waals surface area contributed by atoms with Crippen molar-refractivity contribution in [3.63, 3.8) is 0 Å². The van der Waals surface area contributed by atoms with Crippen molar-refractivity contribution in [2.45, 2.75) is 25.7 Å². The van der Waals surface area contributed by atoms with Gasteiger partial charge in [-0.25, -0.2) is 8.42 Å². The van der Waals surface area contributed by atoms with Gasteiger partial charge in [-0.05, 0) is 84.3 Å². The van der Waals surface area contributed by atoms with E-state index in [1.54, 1.807) is 18.2 Å². The molecule has 0 amide bonds. The standard InChI is InChI=1S/C15H16INO2S/c1-10-5-7-14(8-12(10)3)20(18,19)17-13-6-4-11(2)15(16)9-13/h4-9,17H,1-3H3. The van der Waals surface area contributed by atoms with E-state index in [-0.39, 0.29) is 4.90 Å². The second-order valence-electron chi connectivity index (χ2n) is 4.82. The number of benzene rings is 2. The molecule has 2 rings (SSSR count). The quantitative estimate of drug-likeness (QED) is 0.790. The van der Waals surface area contributed by atoms with Crippen LogP contribution in [0.2, 0.25) is 0 Å². The molecule has 0 heterocycles. The summed E-state index contributed by atoms with van der Waals surface area (Å²) in [5.41, 5.74) is 3.75. The minimum absolute atomic E-state index is 0.288. The van der Waals surface area contributed by atoms with Gasteiger partial charge in [0.1, 0.15) is 0 Å². The Morgan fingerprint density at radius 3 is 2.15 bits per heavy atom. The van der Waals surface area contributed by atoms with E-state index in [2.05, 4.69) is 27.3 Å². The van der Waals surface area contributed by atoms with Gasteiger partial charge >= 0.3 is 0 Å². The van der Waals surface area contributed by atoms with E-state index in [0.29, 0.717) is 5.69 Å². The summed E-state index contributed by atoms with van der Waals surface area (Å²) in [4.78, 5) is 0.288. The zero-order valence-electron chi connectivity index (χ0n) is 11.6. The van der Waals surface area contributed by atoms with Crippen LogP contribution in [0.1, 0.15) is 16.7 Å². The molecule has 2 aromatic rings. The minimum atomic E-state index is -3.54. The number of hydrogen-bond donors (Lipinski definition) is 1. The molecule has 0 saturated heterocycles. The van der Waals surface area contributed by atoms with E-state index in [1.807, 2.05) is 39.0 Å². The van der Waals surface area contributed by atoms with Gasteiger partial charge in [0, 0.05) is 9.26 Å².